The highest BCUT2D eigenvalue weighted by molar-refractivity contribution is 7.99. The van der Waals surface area contributed by atoms with Crippen molar-refractivity contribution in [2.75, 3.05) is 12.3 Å². The molecular weight excluding hydrogens is 241 g/mol. The van der Waals surface area contributed by atoms with E-state index in [4.69, 9.17) is 5.11 Å². The molecule has 0 aliphatic rings. The zero-order valence-corrected chi connectivity index (χ0v) is 10.5. The minimum atomic E-state index is -0.527. The van der Waals surface area contributed by atoms with Gasteiger partial charge < -0.3 is 10.4 Å². The van der Waals surface area contributed by atoms with Crippen LogP contribution in [0.3, 0.4) is 0 Å². The molecule has 0 heterocycles. The first-order chi connectivity index (χ1) is 8.08. The van der Waals surface area contributed by atoms with Gasteiger partial charge in [-0.05, 0) is 24.6 Å². The summed E-state index contributed by atoms with van der Waals surface area (Å²) >= 11 is 1.46. The van der Waals surface area contributed by atoms with Crippen LogP contribution in [0, 0.1) is 5.82 Å². The Kier molecular flexibility index (Phi) is 6.00. The molecule has 0 bridgehead atoms. The van der Waals surface area contributed by atoms with Gasteiger partial charge in [0.25, 0.3) is 0 Å². The lowest BCUT2D eigenvalue weighted by atomic mass is 10.2. The zero-order valence-electron chi connectivity index (χ0n) is 9.65. The van der Waals surface area contributed by atoms with Crippen molar-refractivity contribution in [3.63, 3.8) is 0 Å². The van der Waals surface area contributed by atoms with Crippen LogP contribution in [0.25, 0.3) is 0 Å². The lowest BCUT2D eigenvalue weighted by molar-refractivity contribution is -0.118. The van der Waals surface area contributed by atoms with E-state index in [9.17, 15) is 9.18 Å². The Morgan fingerprint density at radius 3 is 2.71 bits per heavy atom. The van der Waals surface area contributed by atoms with Crippen LogP contribution in [-0.4, -0.2) is 29.4 Å². The molecule has 0 fully saturated rings. The molecule has 17 heavy (non-hydrogen) atoms. The van der Waals surface area contributed by atoms with Crippen LogP contribution in [-0.2, 0) is 10.5 Å². The molecule has 0 aliphatic heterocycles. The highest BCUT2D eigenvalue weighted by Gasteiger charge is 2.03. The van der Waals surface area contributed by atoms with E-state index in [1.165, 1.54) is 23.9 Å². The second-order valence-corrected chi connectivity index (χ2v) is 4.76. The minimum absolute atomic E-state index is 0.0991. The SMILES string of the molecule is CC(O)CNC(=O)CSCc1ccc(F)cc1. The van der Waals surface area contributed by atoms with Crippen molar-refractivity contribution in [1.82, 2.24) is 5.32 Å². The average molecular weight is 257 g/mol. The Bertz CT molecular complexity index is 354. The second-order valence-electron chi connectivity index (χ2n) is 3.77. The zero-order chi connectivity index (χ0) is 12.7. The molecule has 0 aromatic heterocycles. The fraction of sp³-hybridized carbons (Fsp3) is 0.417. The van der Waals surface area contributed by atoms with E-state index >= 15 is 0 Å². The number of halogens is 1. The highest BCUT2D eigenvalue weighted by atomic mass is 32.2. The largest absolute Gasteiger partial charge is 0.392 e. The Balaban J connectivity index is 2.19. The van der Waals surface area contributed by atoms with E-state index in [0.29, 0.717) is 11.5 Å². The first-order valence-corrected chi connectivity index (χ1v) is 6.50. The van der Waals surface area contributed by atoms with Crippen LogP contribution in [0.5, 0.6) is 0 Å². The number of hydrogen-bond acceptors (Lipinski definition) is 3. The molecule has 0 radical (unpaired) electrons. The lowest BCUT2D eigenvalue weighted by Gasteiger charge is -2.06. The van der Waals surface area contributed by atoms with Crippen LogP contribution in [0.1, 0.15) is 12.5 Å². The molecule has 3 nitrogen and oxygen atoms in total. The van der Waals surface area contributed by atoms with Gasteiger partial charge in [0.15, 0.2) is 0 Å². The highest BCUT2D eigenvalue weighted by Crippen LogP contribution is 2.12. The summed E-state index contributed by atoms with van der Waals surface area (Å²) in [4.78, 5) is 11.3. The van der Waals surface area contributed by atoms with Gasteiger partial charge in [-0.2, -0.15) is 0 Å². The standard InChI is InChI=1S/C12H16FNO2S/c1-9(15)6-14-12(16)8-17-7-10-2-4-11(13)5-3-10/h2-5,9,15H,6-8H2,1H3,(H,14,16). The summed E-state index contributed by atoms with van der Waals surface area (Å²) in [6, 6.07) is 6.22. The van der Waals surface area contributed by atoms with Crippen LogP contribution in [0.15, 0.2) is 24.3 Å². The van der Waals surface area contributed by atoms with Crippen LogP contribution in [0.2, 0.25) is 0 Å². The molecule has 94 valence electrons. The Morgan fingerprint density at radius 2 is 2.12 bits per heavy atom. The summed E-state index contributed by atoms with van der Waals surface area (Å²) in [7, 11) is 0. The summed E-state index contributed by atoms with van der Waals surface area (Å²) in [5.41, 5.74) is 0.986. The van der Waals surface area contributed by atoms with Gasteiger partial charge in [0.1, 0.15) is 5.82 Å². The molecule has 1 aromatic carbocycles. The van der Waals surface area contributed by atoms with Crippen molar-refractivity contribution >= 4 is 17.7 Å². The number of carbonyl (C=O) groups excluding carboxylic acids is 1. The number of aliphatic hydroxyl groups excluding tert-OH is 1. The van der Waals surface area contributed by atoms with Gasteiger partial charge in [-0.15, -0.1) is 11.8 Å². The minimum Gasteiger partial charge on any atom is -0.392 e. The Morgan fingerprint density at radius 1 is 1.47 bits per heavy atom. The maximum atomic E-state index is 12.6. The van der Waals surface area contributed by atoms with Crippen molar-refractivity contribution in [1.29, 1.82) is 0 Å². The number of carbonyl (C=O) groups is 1. The normalized spacial score (nSPS) is 12.2. The van der Waals surface area contributed by atoms with E-state index in [-0.39, 0.29) is 18.3 Å². The number of nitrogens with one attached hydrogen (secondary N) is 1. The molecule has 1 unspecified atom stereocenters. The summed E-state index contributed by atoms with van der Waals surface area (Å²) in [6.45, 7) is 1.89. The predicted octanol–water partition coefficient (Wildman–Crippen LogP) is 1.56. The maximum Gasteiger partial charge on any atom is 0.230 e. The molecule has 0 aliphatic carbocycles. The molecule has 5 heteroatoms. The van der Waals surface area contributed by atoms with Gasteiger partial charge in [-0.1, -0.05) is 12.1 Å². The lowest BCUT2D eigenvalue weighted by Crippen LogP contribution is -2.31. The van der Waals surface area contributed by atoms with Gasteiger partial charge in [0.05, 0.1) is 11.9 Å². The molecule has 1 atom stereocenters. The first kappa shape index (κ1) is 14.0. The van der Waals surface area contributed by atoms with Gasteiger partial charge in [0, 0.05) is 12.3 Å². The second kappa shape index (κ2) is 7.29. The number of benzene rings is 1. The van der Waals surface area contributed by atoms with Crippen LogP contribution < -0.4 is 5.32 Å². The fourth-order valence-corrected chi connectivity index (χ4v) is 1.97. The molecule has 1 rings (SSSR count). The third-order valence-corrected chi connectivity index (χ3v) is 3.01. The molecular formula is C12H16FNO2S. The first-order valence-electron chi connectivity index (χ1n) is 5.35. The molecule has 0 saturated heterocycles. The quantitative estimate of drug-likeness (QED) is 0.813. The van der Waals surface area contributed by atoms with E-state index in [1.54, 1.807) is 19.1 Å². The summed E-state index contributed by atoms with van der Waals surface area (Å²) in [6.07, 6.45) is -0.527. The predicted molar refractivity (Wildman–Crippen MR) is 67.3 cm³/mol. The van der Waals surface area contributed by atoms with Crippen molar-refractivity contribution < 1.29 is 14.3 Å². The van der Waals surface area contributed by atoms with Gasteiger partial charge in [-0.25, -0.2) is 4.39 Å². The molecule has 1 amide bonds. The van der Waals surface area contributed by atoms with Crippen LogP contribution >= 0.6 is 11.8 Å². The van der Waals surface area contributed by atoms with Crippen molar-refractivity contribution in [2.24, 2.45) is 0 Å². The van der Waals surface area contributed by atoms with Gasteiger partial charge >= 0.3 is 0 Å². The van der Waals surface area contributed by atoms with Crippen molar-refractivity contribution in [2.45, 2.75) is 18.8 Å². The number of aliphatic hydroxyl groups is 1. The summed E-state index contributed by atoms with van der Waals surface area (Å²) in [5, 5.41) is 11.6. The molecule has 1 aromatic rings. The number of amides is 1. The van der Waals surface area contributed by atoms with Crippen LogP contribution in [0.4, 0.5) is 4.39 Å². The maximum absolute atomic E-state index is 12.6. The smallest absolute Gasteiger partial charge is 0.230 e. The number of hydrogen-bond donors (Lipinski definition) is 2. The van der Waals surface area contributed by atoms with Crippen molar-refractivity contribution in [3.05, 3.63) is 35.6 Å². The van der Waals surface area contributed by atoms with E-state index < -0.39 is 6.10 Å². The number of thioether (sulfide) groups is 1. The summed E-state index contributed by atoms with van der Waals surface area (Å²) in [5.74, 6) is 0.651. The van der Waals surface area contributed by atoms with Crippen molar-refractivity contribution in [3.8, 4) is 0 Å². The Hall–Kier alpha value is -1.07. The molecule has 2 N–H and O–H groups in total. The average Bonchev–Trinajstić information content (AvgIpc) is 2.29. The van der Waals surface area contributed by atoms with E-state index in [1.807, 2.05) is 0 Å². The number of rotatable bonds is 6. The third-order valence-electron chi connectivity index (χ3n) is 2.01. The summed E-state index contributed by atoms with van der Waals surface area (Å²) < 4.78 is 12.6. The monoisotopic (exact) mass is 257 g/mol. The molecule has 0 spiro atoms. The topological polar surface area (TPSA) is 49.3 Å². The Labute approximate surface area is 104 Å². The molecule has 0 saturated carbocycles. The van der Waals surface area contributed by atoms with E-state index in [2.05, 4.69) is 5.32 Å². The fourth-order valence-electron chi connectivity index (χ4n) is 1.15. The van der Waals surface area contributed by atoms with E-state index in [0.717, 1.165) is 5.56 Å². The van der Waals surface area contributed by atoms with Gasteiger partial charge in [-0.3, -0.25) is 4.79 Å². The third kappa shape index (κ3) is 6.28. The van der Waals surface area contributed by atoms with Gasteiger partial charge in [0.2, 0.25) is 5.91 Å².